The summed E-state index contributed by atoms with van der Waals surface area (Å²) >= 11 is 0. The number of aromatic nitrogens is 1. The highest BCUT2D eigenvalue weighted by atomic mass is 32.2. The molecule has 0 bridgehead atoms. The Kier molecular flexibility index (Phi) is 6.99. The minimum Gasteiger partial charge on any atom is -0.360 e. The Hall–Kier alpha value is -3.43. The molecule has 1 heterocycles. The van der Waals surface area contributed by atoms with Gasteiger partial charge in [0.1, 0.15) is 5.76 Å². The second-order valence-corrected chi connectivity index (χ2v) is 10.2. The number of nitrogens with zero attached hydrogens (tertiary/aromatic N) is 1. The molecule has 3 aromatic rings. The predicted octanol–water partition coefficient (Wildman–Crippen LogP) is 2.72. The molecule has 0 unspecified atom stereocenters. The number of aryl methyl sites for hydroxylation is 1. The van der Waals surface area contributed by atoms with Gasteiger partial charge in [0.25, 0.3) is 10.0 Å². The van der Waals surface area contributed by atoms with Crippen LogP contribution >= 0.6 is 0 Å². The molecule has 0 spiro atoms. The first kappa shape index (κ1) is 25.2. The molecule has 1 amide bonds. The summed E-state index contributed by atoms with van der Waals surface area (Å²) in [4.78, 5) is 10.9. The molecule has 0 fully saturated rings. The molecule has 0 saturated carbocycles. The van der Waals surface area contributed by atoms with Crippen molar-refractivity contribution in [2.75, 3.05) is 16.6 Å². The molecule has 34 heavy (non-hydrogen) atoms. The molecule has 0 aliphatic heterocycles. The number of halogens is 3. The van der Waals surface area contributed by atoms with Crippen molar-refractivity contribution in [2.45, 2.75) is 22.9 Å². The summed E-state index contributed by atoms with van der Waals surface area (Å²) in [6.45, 7) is 0.721. The van der Waals surface area contributed by atoms with Crippen LogP contribution in [-0.2, 0) is 31.0 Å². The average molecular weight is 518 g/mol. The maximum atomic E-state index is 13.1. The van der Waals surface area contributed by atoms with Crippen LogP contribution in [0.5, 0.6) is 0 Å². The average Bonchev–Trinajstić information content (AvgIpc) is 3.16. The highest BCUT2D eigenvalue weighted by molar-refractivity contribution is 7.92. The minimum atomic E-state index is -4.91. The first-order valence-electron chi connectivity index (χ1n) is 9.30. The first-order chi connectivity index (χ1) is 15.8. The van der Waals surface area contributed by atoms with Crippen molar-refractivity contribution in [3.63, 3.8) is 0 Å². The molecule has 1 aromatic heterocycles. The number of alkyl halides is 3. The standard InChI is InChI=1S/C19H17F3N4O6S2/c1-12-10-17(25-32-12)26-33(28,29)14-8-6-13(7-9-14)24-18(27)11-23-34(30,31)16-5-3-2-4-15(16)19(20,21)22/h2-10,23H,11H2,1H3,(H,24,27)(H,25,26). The van der Waals surface area contributed by atoms with Crippen molar-refractivity contribution in [2.24, 2.45) is 0 Å². The van der Waals surface area contributed by atoms with Crippen molar-refractivity contribution in [1.29, 1.82) is 0 Å². The Morgan fingerprint density at radius 3 is 2.24 bits per heavy atom. The minimum absolute atomic E-state index is 0.0192. The zero-order valence-corrected chi connectivity index (χ0v) is 18.9. The van der Waals surface area contributed by atoms with Crippen LogP contribution in [0.15, 0.2) is 68.9 Å². The highest BCUT2D eigenvalue weighted by Crippen LogP contribution is 2.33. The third-order valence-electron chi connectivity index (χ3n) is 4.22. The van der Waals surface area contributed by atoms with Crippen LogP contribution in [0.4, 0.5) is 24.7 Å². The van der Waals surface area contributed by atoms with Crippen molar-refractivity contribution in [3.05, 3.63) is 65.9 Å². The molecule has 10 nitrogen and oxygen atoms in total. The fourth-order valence-corrected chi connectivity index (χ4v) is 4.90. The van der Waals surface area contributed by atoms with Gasteiger partial charge in [0.2, 0.25) is 15.9 Å². The van der Waals surface area contributed by atoms with Gasteiger partial charge in [0.15, 0.2) is 5.82 Å². The molecule has 15 heteroatoms. The van der Waals surface area contributed by atoms with Crippen molar-refractivity contribution in [1.82, 2.24) is 9.88 Å². The van der Waals surface area contributed by atoms with E-state index in [1.54, 1.807) is 6.92 Å². The Balaban J connectivity index is 1.64. The molecule has 0 radical (unpaired) electrons. The molecular formula is C19H17F3N4O6S2. The summed E-state index contributed by atoms with van der Waals surface area (Å²) in [6, 6.07) is 9.77. The van der Waals surface area contributed by atoms with E-state index in [-0.39, 0.29) is 16.4 Å². The fraction of sp³-hybridized carbons (Fsp3) is 0.158. The third-order valence-corrected chi connectivity index (χ3v) is 7.05. The van der Waals surface area contributed by atoms with E-state index in [9.17, 15) is 34.8 Å². The number of nitrogens with one attached hydrogen (secondary N) is 3. The number of hydrogen-bond acceptors (Lipinski definition) is 7. The van der Waals surface area contributed by atoms with Crippen LogP contribution < -0.4 is 14.8 Å². The first-order valence-corrected chi connectivity index (χ1v) is 12.3. The molecule has 0 aliphatic rings. The van der Waals surface area contributed by atoms with E-state index < -0.39 is 49.1 Å². The van der Waals surface area contributed by atoms with Crippen LogP contribution in [0.1, 0.15) is 11.3 Å². The SMILES string of the molecule is Cc1cc(NS(=O)(=O)c2ccc(NC(=O)CNS(=O)(=O)c3ccccc3C(F)(F)F)cc2)no1. The van der Waals surface area contributed by atoms with Crippen LogP contribution in [0.2, 0.25) is 0 Å². The second kappa shape index (κ2) is 9.44. The van der Waals surface area contributed by atoms with Gasteiger partial charge in [0.05, 0.1) is 21.9 Å². The van der Waals surface area contributed by atoms with E-state index >= 15 is 0 Å². The second-order valence-electron chi connectivity index (χ2n) is 6.82. The summed E-state index contributed by atoms with van der Waals surface area (Å²) in [7, 11) is -8.64. The fourth-order valence-electron chi connectivity index (χ4n) is 2.71. The lowest BCUT2D eigenvalue weighted by Gasteiger charge is -2.13. The van der Waals surface area contributed by atoms with E-state index in [0.29, 0.717) is 11.8 Å². The van der Waals surface area contributed by atoms with Gasteiger partial charge in [-0.2, -0.15) is 13.2 Å². The Labute approximate surface area is 192 Å². The number of amides is 1. The number of carbonyl (C=O) groups is 1. The van der Waals surface area contributed by atoms with E-state index in [4.69, 9.17) is 4.52 Å². The molecule has 182 valence electrons. The molecule has 0 atom stereocenters. The van der Waals surface area contributed by atoms with Crippen LogP contribution in [0, 0.1) is 6.92 Å². The van der Waals surface area contributed by atoms with Gasteiger partial charge in [-0.15, -0.1) is 0 Å². The van der Waals surface area contributed by atoms with Gasteiger partial charge in [-0.1, -0.05) is 17.3 Å². The lowest BCUT2D eigenvalue weighted by Crippen LogP contribution is -2.34. The van der Waals surface area contributed by atoms with E-state index in [0.717, 1.165) is 18.2 Å². The summed E-state index contributed by atoms with van der Waals surface area (Å²) in [6.07, 6.45) is -4.91. The van der Waals surface area contributed by atoms with E-state index in [2.05, 4.69) is 15.2 Å². The van der Waals surface area contributed by atoms with Crippen LogP contribution in [-0.4, -0.2) is 34.4 Å². The number of hydrogen-bond donors (Lipinski definition) is 3. The van der Waals surface area contributed by atoms with Crippen LogP contribution in [0.25, 0.3) is 0 Å². The monoisotopic (exact) mass is 518 g/mol. The predicted molar refractivity (Wildman–Crippen MR) is 114 cm³/mol. The third kappa shape index (κ3) is 6.12. The Morgan fingerprint density at radius 1 is 1.00 bits per heavy atom. The van der Waals surface area contributed by atoms with Gasteiger partial charge in [0, 0.05) is 11.8 Å². The molecule has 0 aliphatic carbocycles. The maximum Gasteiger partial charge on any atom is 0.417 e. The molecule has 3 N–H and O–H groups in total. The van der Waals surface area contributed by atoms with Crippen molar-refractivity contribution < 1.29 is 39.3 Å². The summed E-state index contributed by atoms with van der Waals surface area (Å²) in [5.74, 6) is -0.512. The van der Waals surface area contributed by atoms with Gasteiger partial charge < -0.3 is 9.84 Å². The van der Waals surface area contributed by atoms with Gasteiger partial charge in [-0.3, -0.25) is 9.52 Å². The summed E-state index contributed by atoms with van der Waals surface area (Å²) in [5.41, 5.74) is -1.25. The zero-order valence-electron chi connectivity index (χ0n) is 17.3. The molecule has 2 aromatic carbocycles. The van der Waals surface area contributed by atoms with Gasteiger partial charge >= 0.3 is 6.18 Å². The summed E-state index contributed by atoms with van der Waals surface area (Å²) in [5, 5.41) is 5.84. The Bertz CT molecular complexity index is 1400. The molecule has 0 saturated heterocycles. The highest BCUT2D eigenvalue weighted by Gasteiger charge is 2.36. The number of benzene rings is 2. The molecule has 3 rings (SSSR count). The largest absolute Gasteiger partial charge is 0.417 e. The van der Waals surface area contributed by atoms with E-state index in [1.807, 2.05) is 4.72 Å². The Morgan fingerprint density at radius 2 is 1.65 bits per heavy atom. The smallest absolute Gasteiger partial charge is 0.360 e. The van der Waals surface area contributed by atoms with Crippen molar-refractivity contribution in [3.8, 4) is 0 Å². The van der Waals surface area contributed by atoms with E-state index in [1.165, 1.54) is 30.3 Å². The van der Waals surface area contributed by atoms with Gasteiger partial charge in [-0.25, -0.2) is 21.6 Å². The van der Waals surface area contributed by atoms with Crippen molar-refractivity contribution >= 4 is 37.5 Å². The molecular weight excluding hydrogens is 501 g/mol. The number of anilines is 2. The van der Waals surface area contributed by atoms with Gasteiger partial charge in [-0.05, 0) is 43.3 Å². The quantitative estimate of drug-likeness (QED) is 0.415. The number of rotatable bonds is 8. The maximum absolute atomic E-state index is 13.1. The van der Waals surface area contributed by atoms with Crippen LogP contribution in [0.3, 0.4) is 0 Å². The lowest BCUT2D eigenvalue weighted by molar-refractivity contribution is -0.139. The summed E-state index contributed by atoms with van der Waals surface area (Å²) < 4.78 is 97.3. The zero-order chi connectivity index (χ0) is 25.1. The number of carbonyl (C=O) groups excluding carboxylic acids is 1. The topological polar surface area (TPSA) is 147 Å². The number of sulfonamides is 2. The lowest BCUT2D eigenvalue weighted by atomic mass is 10.2. The normalized spacial score (nSPS) is 12.4.